The van der Waals surface area contributed by atoms with E-state index >= 15 is 0 Å². The summed E-state index contributed by atoms with van der Waals surface area (Å²) in [6, 6.07) is 17.1. The minimum Gasteiger partial charge on any atom is -0.497 e. The third-order valence-corrected chi connectivity index (χ3v) is 4.99. The zero-order valence-electron chi connectivity index (χ0n) is 15.1. The number of ether oxygens (including phenoxy) is 1. The molecule has 2 nitrogen and oxygen atoms in total. The molecule has 0 aliphatic rings. The SMILES string of the molecule is COc1ccc([C@H](CC[NH2+][C@@H](C)c2ccc(Cl)cc2)C(C)C)cc1. The Kier molecular flexibility index (Phi) is 7.14. The van der Waals surface area contributed by atoms with Crippen LogP contribution in [0.2, 0.25) is 5.02 Å². The van der Waals surface area contributed by atoms with Gasteiger partial charge in [0, 0.05) is 17.0 Å². The van der Waals surface area contributed by atoms with Crippen LogP contribution in [0.4, 0.5) is 0 Å². The van der Waals surface area contributed by atoms with Crippen molar-refractivity contribution in [2.75, 3.05) is 13.7 Å². The highest BCUT2D eigenvalue weighted by molar-refractivity contribution is 6.30. The monoisotopic (exact) mass is 346 g/mol. The molecular formula is C21H29ClNO+. The smallest absolute Gasteiger partial charge is 0.118 e. The fraction of sp³-hybridized carbons (Fsp3) is 0.429. The van der Waals surface area contributed by atoms with Crippen molar-refractivity contribution < 1.29 is 10.1 Å². The van der Waals surface area contributed by atoms with Crippen molar-refractivity contribution in [3.8, 4) is 5.75 Å². The van der Waals surface area contributed by atoms with Gasteiger partial charge in [-0.2, -0.15) is 0 Å². The third-order valence-electron chi connectivity index (χ3n) is 4.74. The number of quaternary nitrogens is 1. The van der Waals surface area contributed by atoms with E-state index in [-0.39, 0.29) is 0 Å². The largest absolute Gasteiger partial charge is 0.497 e. The van der Waals surface area contributed by atoms with Gasteiger partial charge in [0.25, 0.3) is 0 Å². The van der Waals surface area contributed by atoms with Crippen molar-refractivity contribution in [3.05, 3.63) is 64.7 Å². The lowest BCUT2D eigenvalue weighted by atomic mass is 9.85. The fourth-order valence-electron chi connectivity index (χ4n) is 3.16. The van der Waals surface area contributed by atoms with Gasteiger partial charge in [-0.1, -0.05) is 49.7 Å². The summed E-state index contributed by atoms with van der Waals surface area (Å²) in [5.74, 6) is 2.12. The molecule has 2 N–H and O–H groups in total. The van der Waals surface area contributed by atoms with Crippen molar-refractivity contribution >= 4 is 11.6 Å². The Hall–Kier alpha value is -1.51. The van der Waals surface area contributed by atoms with E-state index in [9.17, 15) is 0 Å². The van der Waals surface area contributed by atoms with Gasteiger partial charge in [-0.3, -0.25) is 0 Å². The summed E-state index contributed by atoms with van der Waals surface area (Å²) in [6.45, 7) is 7.97. The zero-order valence-corrected chi connectivity index (χ0v) is 15.9. The van der Waals surface area contributed by atoms with Gasteiger partial charge in [0.15, 0.2) is 0 Å². The van der Waals surface area contributed by atoms with Gasteiger partial charge >= 0.3 is 0 Å². The Morgan fingerprint density at radius 1 is 0.917 bits per heavy atom. The molecule has 130 valence electrons. The summed E-state index contributed by atoms with van der Waals surface area (Å²) in [6.07, 6.45) is 1.17. The summed E-state index contributed by atoms with van der Waals surface area (Å²) >= 11 is 5.97. The van der Waals surface area contributed by atoms with Crippen LogP contribution in [-0.4, -0.2) is 13.7 Å². The number of halogens is 1. The van der Waals surface area contributed by atoms with Crippen molar-refractivity contribution in [1.82, 2.24) is 0 Å². The van der Waals surface area contributed by atoms with Gasteiger partial charge in [0.2, 0.25) is 0 Å². The molecule has 2 aromatic rings. The molecule has 3 heteroatoms. The number of hydrogen-bond acceptors (Lipinski definition) is 1. The van der Waals surface area contributed by atoms with E-state index in [0.717, 1.165) is 17.3 Å². The lowest BCUT2D eigenvalue weighted by molar-refractivity contribution is -0.693. The Morgan fingerprint density at radius 2 is 1.50 bits per heavy atom. The standard InChI is InChI=1S/C21H28ClNO/c1-15(2)21(18-7-11-20(24-4)12-8-18)13-14-23-16(3)17-5-9-19(22)10-6-17/h5-12,15-16,21,23H,13-14H2,1-4H3/p+1/t16-,21+/m0/s1. The van der Waals surface area contributed by atoms with Crippen LogP contribution < -0.4 is 10.1 Å². The third kappa shape index (κ3) is 5.25. The van der Waals surface area contributed by atoms with Crippen LogP contribution in [0.5, 0.6) is 5.75 Å². The summed E-state index contributed by atoms with van der Waals surface area (Å²) in [5, 5.41) is 3.22. The van der Waals surface area contributed by atoms with Crippen LogP contribution in [-0.2, 0) is 0 Å². The molecule has 2 atom stereocenters. The average molecular weight is 347 g/mol. The van der Waals surface area contributed by atoms with Crippen molar-refractivity contribution in [2.24, 2.45) is 5.92 Å². The van der Waals surface area contributed by atoms with E-state index in [2.05, 4.69) is 62.5 Å². The second-order valence-corrected chi connectivity index (χ2v) is 7.21. The highest BCUT2D eigenvalue weighted by atomic mass is 35.5. The van der Waals surface area contributed by atoms with E-state index in [1.165, 1.54) is 17.5 Å². The molecule has 0 aliphatic carbocycles. The molecule has 0 fully saturated rings. The second-order valence-electron chi connectivity index (χ2n) is 6.78. The maximum Gasteiger partial charge on any atom is 0.118 e. The number of rotatable bonds is 8. The van der Waals surface area contributed by atoms with E-state index in [0.29, 0.717) is 17.9 Å². The van der Waals surface area contributed by atoms with E-state index in [1.54, 1.807) is 7.11 Å². The van der Waals surface area contributed by atoms with Gasteiger partial charge in [0.1, 0.15) is 11.8 Å². The first-order chi connectivity index (χ1) is 11.5. The predicted octanol–water partition coefficient (Wildman–Crippen LogP) is 4.80. The lowest BCUT2D eigenvalue weighted by Crippen LogP contribution is -2.84. The number of hydrogen-bond donors (Lipinski definition) is 1. The van der Waals surface area contributed by atoms with E-state index in [4.69, 9.17) is 16.3 Å². The number of benzene rings is 2. The van der Waals surface area contributed by atoms with Crippen LogP contribution in [0.1, 0.15) is 50.3 Å². The van der Waals surface area contributed by atoms with Gasteiger partial charge in [-0.05, 0) is 48.6 Å². The van der Waals surface area contributed by atoms with Crippen LogP contribution in [0, 0.1) is 5.92 Å². The summed E-state index contributed by atoms with van der Waals surface area (Å²) in [7, 11) is 1.71. The second kappa shape index (κ2) is 9.10. The number of nitrogens with two attached hydrogens (primary N) is 1. The van der Waals surface area contributed by atoms with Crippen LogP contribution in [0.15, 0.2) is 48.5 Å². The Labute approximate surface area is 151 Å². The average Bonchev–Trinajstić information content (AvgIpc) is 2.59. The van der Waals surface area contributed by atoms with Crippen molar-refractivity contribution in [2.45, 2.75) is 39.2 Å². The maximum absolute atomic E-state index is 5.97. The van der Waals surface area contributed by atoms with Gasteiger partial charge in [-0.15, -0.1) is 0 Å². The summed E-state index contributed by atoms with van der Waals surface area (Å²) < 4.78 is 5.26. The Bertz CT molecular complexity index is 607. The van der Waals surface area contributed by atoms with Crippen molar-refractivity contribution in [3.63, 3.8) is 0 Å². The molecule has 0 spiro atoms. The Balaban J connectivity index is 1.92. The van der Waals surface area contributed by atoms with Gasteiger partial charge < -0.3 is 10.1 Å². The molecule has 0 saturated heterocycles. The van der Waals surface area contributed by atoms with Crippen LogP contribution in [0.25, 0.3) is 0 Å². The minimum atomic E-state index is 0.450. The molecule has 0 unspecified atom stereocenters. The zero-order chi connectivity index (χ0) is 17.5. The molecule has 0 radical (unpaired) electrons. The fourth-order valence-corrected chi connectivity index (χ4v) is 3.29. The molecule has 24 heavy (non-hydrogen) atoms. The summed E-state index contributed by atoms with van der Waals surface area (Å²) in [5.41, 5.74) is 2.73. The molecule has 0 bridgehead atoms. The molecular weight excluding hydrogens is 318 g/mol. The lowest BCUT2D eigenvalue weighted by Gasteiger charge is -2.22. The molecule has 0 aromatic heterocycles. The molecule has 0 aliphatic heterocycles. The summed E-state index contributed by atoms with van der Waals surface area (Å²) in [4.78, 5) is 0. The molecule has 0 heterocycles. The number of methoxy groups -OCH3 is 1. The molecule has 0 amide bonds. The normalized spacial score (nSPS) is 13.8. The minimum absolute atomic E-state index is 0.450. The van der Waals surface area contributed by atoms with Gasteiger partial charge in [-0.25, -0.2) is 0 Å². The highest BCUT2D eigenvalue weighted by Crippen LogP contribution is 2.28. The topological polar surface area (TPSA) is 25.8 Å². The Morgan fingerprint density at radius 3 is 2.04 bits per heavy atom. The first-order valence-corrected chi connectivity index (χ1v) is 9.11. The molecule has 2 rings (SSSR count). The highest BCUT2D eigenvalue weighted by Gasteiger charge is 2.17. The van der Waals surface area contributed by atoms with E-state index < -0.39 is 0 Å². The van der Waals surface area contributed by atoms with Gasteiger partial charge in [0.05, 0.1) is 13.7 Å². The predicted molar refractivity (Wildman–Crippen MR) is 102 cm³/mol. The van der Waals surface area contributed by atoms with Crippen LogP contribution in [0.3, 0.4) is 0 Å². The van der Waals surface area contributed by atoms with Crippen molar-refractivity contribution in [1.29, 1.82) is 0 Å². The molecule has 0 saturated carbocycles. The van der Waals surface area contributed by atoms with E-state index in [1.807, 2.05) is 12.1 Å². The van der Waals surface area contributed by atoms with Crippen LogP contribution >= 0.6 is 11.6 Å². The first-order valence-electron chi connectivity index (χ1n) is 8.74. The quantitative estimate of drug-likeness (QED) is 0.729. The maximum atomic E-state index is 5.97. The molecule has 2 aromatic carbocycles. The first kappa shape index (κ1) is 18.8.